The minimum atomic E-state index is -0.664. The van der Waals surface area contributed by atoms with Gasteiger partial charge in [0.25, 0.3) is 5.91 Å². The van der Waals surface area contributed by atoms with E-state index >= 15 is 0 Å². The number of furan rings is 1. The first-order chi connectivity index (χ1) is 9.40. The molecule has 0 spiro atoms. The Labute approximate surface area is 129 Å². The summed E-state index contributed by atoms with van der Waals surface area (Å²) in [6, 6.07) is 2.68. The van der Waals surface area contributed by atoms with Crippen molar-refractivity contribution in [1.29, 1.82) is 0 Å². The molecule has 21 heavy (non-hydrogen) atoms. The average molecular weight is 318 g/mol. The van der Waals surface area contributed by atoms with Crippen molar-refractivity contribution in [3.63, 3.8) is 0 Å². The van der Waals surface area contributed by atoms with Crippen LogP contribution >= 0.6 is 12.4 Å². The lowest BCUT2D eigenvalue weighted by atomic mass is 9.77. The molecule has 2 rings (SSSR count). The van der Waals surface area contributed by atoms with Crippen molar-refractivity contribution in [2.24, 2.45) is 5.41 Å². The van der Waals surface area contributed by atoms with E-state index in [1.54, 1.807) is 0 Å². The summed E-state index contributed by atoms with van der Waals surface area (Å²) >= 11 is 0. The molecule has 2 N–H and O–H groups in total. The fourth-order valence-electron chi connectivity index (χ4n) is 2.45. The Kier molecular flexibility index (Phi) is 5.74. The van der Waals surface area contributed by atoms with Gasteiger partial charge in [0.1, 0.15) is 4.92 Å². The Balaban J connectivity index is 0.00000220. The van der Waals surface area contributed by atoms with E-state index in [2.05, 4.69) is 24.5 Å². The average Bonchev–Trinajstić information content (AvgIpc) is 2.86. The number of carbonyl (C=O) groups is 1. The fraction of sp³-hybridized carbons (Fsp3) is 0.615. The summed E-state index contributed by atoms with van der Waals surface area (Å²) in [5, 5.41) is 16.6. The van der Waals surface area contributed by atoms with Crippen molar-refractivity contribution in [1.82, 2.24) is 10.6 Å². The molecule has 1 unspecified atom stereocenters. The maximum Gasteiger partial charge on any atom is 0.433 e. The lowest BCUT2D eigenvalue weighted by Gasteiger charge is -2.39. The molecule has 0 aromatic carbocycles. The molecule has 1 aromatic heterocycles. The molecule has 0 radical (unpaired) electrons. The summed E-state index contributed by atoms with van der Waals surface area (Å²) in [4.78, 5) is 21.7. The highest BCUT2D eigenvalue weighted by Gasteiger charge is 2.32. The Morgan fingerprint density at radius 2 is 2.29 bits per heavy atom. The smallest absolute Gasteiger partial charge is 0.395 e. The summed E-state index contributed by atoms with van der Waals surface area (Å²) in [6.45, 7) is 5.73. The number of halogens is 1. The standard InChI is InChI=1S/C13H19N3O4.ClH/c1-13(2)6-3-7-14-10(13)8-15-12(17)9-4-5-11(20-9)16(18)19;/h4-5,10,14H,3,6-8H2,1-2H3,(H,15,17);1H. The second kappa shape index (κ2) is 6.91. The number of carbonyl (C=O) groups excluding carboxylic acids is 1. The van der Waals surface area contributed by atoms with Gasteiger partial charge in [-0.05, 0) is 30.9 Å². The zero-order valence-corrected chi connectivity index (χ0v) is 12.9. The van der Waals surface area contributed by atoms with Crippen LogP contribution in [0.5, 0.6) is 0 Å². The van der Waals surface area contributed by atoms with Crippen molar-refractivity contribution in [3.05, 3.63) is 28.0 Å². The predicted molar refractivity (Wildman–Crippen MR) is 79.7 cm³/mol. The Morgan fingerprint density at radius 1 is 1.57 bits per heavy atom. The van der Waals surface area contributed by atoms with Crippen LogP contribution in [0.15, 0.2) is 16.5 Å². The van der Waals surface area contributed by atoms with Crippen LogP contribution in [0.4, 0.5) is 5.88 Å². The fourth-order valence-corrected chi connectivity index (χ4v) is 2.45. The van der Waals surface area contributed by atoms with Crippen LogP contribution in [0.2, 0.25) is 0 Å². The highest BCUT2D eigenvalue weighted by atomic mass is 35.5. The molecular weight excluding hydrogens is 298 g/mol. The number of hydrogen-bond donors (Lipinski definition) is 2. The van der Waals surface area contributed by atoms with Gasteiger partial charge >= 0.3 is 5.88 Å². The van der Waals surface area contributed by atoms with E-state index in [9.17, 15) is 14.9 Å². The minimum absolute atomic E-state index is 0. The van der Waals surface area contributed by atoms with Crippen LogP contribution in [0.3, 0.4) is 0 Å². The highest BCUT2D eigenvalue weighted by molar-refractivity contribution is 5.91. The first-order valence-electron chi connectivity index (χ1n) is 6.66. The Morgan fingerprint density at radius 3 is 2.86 bits per heavy atom. The maximum absolute atomic E-state index is 11.9. The van der Waals surface area contributed by atoms with Crippen molar-refractivity contribution < 1.29 is 14.1 Å². The van der Waals surface area contributed by atoms with Gasteiger partial charge in [0.05, 0.1) is 6.07 Å². The minimum Gasteiger partial charge on any atom is -0.395 e. The molecule has 1 atom stereocenters. The molecule has 1 aliphatic rings. The number of nitro groups is 1. The van der Waals surface area contributed by atoms with E-state index in [0.717, 1.165) is 19.4 Å². The van der Waals surface area contributed by atoms with E-state index < -0.39 is 16.7 Å². The maximum atomic E-state index is 11.9. The number of piperidine rings is 1. The van der Waals surface area contributed by atoms with Gasteiger partial charge in [-0.3, -0.25) is 14.9 Å². The topological polar surface area (TPSA) is 97.4 Å². The molecule has 118 valence electrons. The number of nitrogens with zero attached hydrogens (tertiary/aromatic N) is 1. The van der Waals surface area contributed by atoms with E-state index in [4.69, 9.17) is 4.42 Å². The molecule has 0 aliphatic carbocycles. The largest absolute Gasteiger partial charge is 0.433 e. The summed E-state index contributed by atoms with van der Waals surface area (Å²) < 4.78 is 4.87. The lowest BCUT2D eigenvalue weighted by Crippen LogP contribution is -2.52. The molecule has 7 nitrogen and oxygen atoms in total. The lowest BCUT2D eigenvalue weighted by molar-refractivity contribution is -0.402. The van der Waals surface area contributed by atoms with Crippen LogP contribution in [0.25, 0.3) is 0 Å². The first kappa shape index (κ1) is 17.5. The van der Waals surface area contributed by atoms with Crippen LogP contribution in [0.1, 0.15) is 37.2 Å². The van der Waals surface area contributed by atoms with E-state index in [-0.39, 0.29) is 29.6 Å². The second-order valence-corrected chi connectivity index (χ2v) is 5.70. The summed E-state index contributed by atoms with van der Waals surface area (Å²) in [6.07, 6.45) is 2.23. The van der Waals surface area contributed by atoms with Gasteiger partial charge < -0.3 is 15.1 Å². The zero-order valence-electron chi connectivity index (χ0n) is 12.0. The molecule has 1 aliphatic heterocycles. The SMILES string of the molecule is CC1(C)CCCNC1CNC(=O)c1ccc([N+](=O)[O-])o1.Cl. The van der Waals surface area contributed by atoms with Gasteiger partial charge in [-0.1, -0.05) is 13.8 Å². The zero-order chi connectivity index (χ0) is 14.8. The van der Waals surface area contributed by atoms with E-state index in [1.165, 1.54) is 12.1 Å². The molecule has 0 saturated carbocycles. The third kappa shape index (κ3) is 4.18. The highest BCUT2D eigenvalue weighted by Crippen LogP contribution is 2.29. The van der Waals surface area contributed by atoms with Crippen molar-refractivity contribution in [2.45, 2.75) is 32.7 Å². The predicted octanol–water partition coefficient (Wildman–Crippen LogP) is 2.12. The van der Waals surface area contributed by atoms with Gasteiger partial charge in [0.2, 0.25) is 0 Å². The number of rotatable bonds is 4. The van der Waals surface area contributed by atoms with Crippen LogP contribution in [0, 0.1) is 15.5 Å². The molecule has 8 heteroatoms. The Bertz CT molecular complexity index is 515. The number of hydrogen-bond acceptors (Lipinski definition) is 5. The normalized spacial score (nSPS) is 20.4. The van der Waals surface area contributed by atoms with Gasteiger partial charge in [-0.2, -0.15) is 0 Å². The van der Waals surface area contributed by atoms with Gasteiger partial charge in [-0.15, -0.1) is 12.4 Å². The van der Waals surface area contributed by atoms with E-state index in [0.29, 0.717) is 6.54 Å². The van der Waals surface area contributed by atoms with Gasteiger partial charge in [0, 0.05) is 12.6 Å². The summed E-state index contributed by atoms with van der Waals surface area (Å²) in [5.41, 5.74) is 0.112. The molecule has 1 aromatic rings. The Hall–Kier alpha value is -1.60. The molecular formula is C13H20ClN3O4. The quantitative estimate of drug-likeness (QED) is 0.655. The number of amides is 1. The first-order valence-corrected chi connectivity index (χ1v) is 6.66. The van der Waals surface area contributed by atoms with Crippen molar-refractivity contribution in [3.8, 4) is 0 Å². The van der Waals surface area contributed by atoms with Crippen molar-refractivity contribution >= 4 is 24.2 Å². The van der Waals surface area contributed by atoms with Gasteiger partial charge in [-0.25, -0.2) is 0 Å². The van der Waals surface area contributed by atoms with Crippen LogP contribution in [-0.4, -0.2) is 30.0 Å². The molecule has 1 amide bonds. The van der Waals surface area contributed by atoms with Gasteiger partial charge in [0.15, 0.2) is 5.76 Å². The molecule has 1 saturated heterocycles. The van der Waals surface area contributed by atoms with Crippen LogP contribution in [-0.2, 0) is 0 Å². The van der Waals surface area contributed by atoms with Crippen molar-refractivity contribution in [2.75, 3.05) is 13.1 Å². The molecule has 2 heterocycles. The van der Waals surface area contributed by atoms with Crippen LogP contribution < -0.4 is 10.6 Å². The third-order valence-electron chi connectivity index (χ3n) is 3.79. The summed E-state index contributed by atoms with van der Waals surface area (Å²) in [7, 11) is 0. The molecule has 1 fully saturated rings. The molecule has 0 bridgehead atoms. The third-order valence-corrected chi connectivity index (χ3v) is 3.79. The summed E-state index contributed by atoms with van der Waals surface area (Å²) in [5.74, 6) is -0.891. The monoisotopic (exact) mass is 317 g/mol. The number of nitrogens with one attached hydrogen (secondary N) is 2. The van der Waals surface area contributed by atoms with E-state index in [1.807, 2.05) is 0 Å². The second-order valence-electron chi connectivity index (χ2n) is 5.70.